The largest absolute Gasteiger partial charge is 0.471 e. The van der Waals surface area contributed by atoms with Crippen molar-refractivity contribution in [1.29, 1.82) is 0 Å². The molecule has 0 radical (unpaired) electrons. The monoisotopic (exact) mass is 228 g/mol. The lowest BCUT2D eigenvalue weighted by atomic mass is 10.3. The minimum atomic E-state index is -5.00. The molecule has 1 atom stereocenters. The first kappa shape index (κ1) is 13.7. The third kappa shape index (κ3) is 4.15. The second-order valence-electron chi connectivity index (χ2n) is 2.71. The molecule has 8 heteroatoms. The summed E-state index contributed by atoms with van der Waals surface area (Å²) >= 11 is 0. The predicted octanol–water partition coefficient (Wildman–Crippen LogP) is 0.0732. The van der Waals surface area contributed by atoms with Gasteiger partial charge in [0.05, 0.1) is 7.11 Å². The molecular formula is C7H11F3N2O3. The average molecular weight is 228 g/mol. The summed E-state index contributed by atoms with van der Waals surface area (Å²) in [6.45, 7) is 1.13. The maximum Gasteiger partial charge on any atom is 0.471 e. The molecule has 2 amide bonds. The molecule has 88 valence electrons. The second-order valence-corrected chi connectivity index (χ2v) is 2.71. The molecule has 0 aromatic carbocycles. The normalized spacial score (nSPS) is 13.2. The summed E-state index contributed by atoms with van der Waals surface area (Å²) in [5.41, 5.74) is 0. The van der Waals surface area contributed by atoms with Gasteiger partial charge in [0.1, 0.15) is 6.04 Å². The van der Waals surface area contributed by atoms with Crippen LogP contribution >= 0.6 is 0 Å². The Hall–Kier alpha value is -1.31. The van der Waals surface area contributed by atoms with Crippen LogP contribution in [0.25, 0.3) is 0 Å². The number of rotatable bonds is 3. The Labute approximate surface area is 84.1 Å². The molecule has 0 aliphatic carbocycles. The summed E-state index contributed by atoms with van der Waals surface area (Å²) in [6, 6.07) is -1.30. The van der Waals surface area contributed by atoms with Crippen LogP contribution in [0.4, 0.5) is 13.2 Å². The van der Waals surface area contributed by atoms with Crippen molar-refractivity contribution < 1.29 is 27.6 Å². The summed E-state index contributed by atoms with van der Waals surface area (Å²) in [5, 5.41) is 2.22. The van der Waals surface area contributed by atoms with Crippen molar-refractivity contribution in [3.05, 3.63) is 0 Å². The third-order valence-electron chi connectivity index (χ3n) is 1.56. The summed E-state index contributed by atoms with van der Waals surface area (Å²) < 4.78 is 35.4. The zero-order valence-corrected chi connectivity index (χ0v) is 8.38. The van der Waals surface area contributed by atoms with Gasteiger partial charge in [0.2, 0.25) is 0 Å². The topological polar surface area (TPSA) is 58.6 Å². The minimum absolute atomic E-state index is 0.724. The van der Waals surface area contributed by atoms with Crippen LogP contribution in [0.3, 0.4) is 0 Å². The van der Waals surface area contributed by atoms with E-state index in [9.17, 15) is 22.8 Å². The Morgan fingerprint density at radius 3 is 2.20 bits per heavy atom. The number of nitrogens with zero attached hydrogens (tertiary/aromatic N) is 1. The quantitative estimate of drug-likeness (QED) is 0.695. The van der Waals surface area contributed by atoms with Crippen LogP contribution < -0.4 is 5.32 Å². The molecule has 0 heterocycles. The molecule has 0 aromatic heterocycles. The van der Waals surface area contributed by atoms with E-state index in [1.165, 1.54) is 19.5 Å². The molecule has 0 fully saturated rings. The molecule has 0 unspecified atom stereocenters. The van der Waals surface area contributed by atoms with Crippen molar-refractivity contribution >= 4 is 11.8 Å². The van der Waals surface area contributed by atoms with Gasteiger partial charge in [-0.1, -0.05) is 0 Å². The highest BCUT2D eigenvalue weighted by Crippen LogP contribution is 2.14. The van der Waals surface area contributed by atoms with Gasteiger partial charge in [-0.2, -0.15) is 13.2 Å². The van der Waals surface area contributed by atoms with E-state index in [4.69, 9.17) is 0 Å². The van der Waals surface area contributed by atoms with Gasteiger partial charge in [-0.15, -0.1) is 0 Å². The van der Waals surface area contributed by atoms with Crippen molar-refractivity contribution in [3.8, 4) is 0 Å². The SMILES string of the molecule is CON(C)C(=O)[C@H](C)NC(=O)C(F)(F)F. The number of alkyl halides is 3. The number of carbonyl (C=O) groups is 2. The van der Waals surface area contributed by atoms with Crippen LogP contribution in [0.15, 0.2) is 0 Å². The first-order valence-corrected chi connectivity index (χ1v) is 3.89. The summed E-state index contributed by atoms with van der Waals surface area (Å²) in [7, 11) is 2.40. The van der Waals surface area contributed by atoms with Gasteiger partial charge < -0.3 is 5.32 Å². The lowest BCUT2D eigenvalue weighted by Crippen LogP contribution is -2.49. The van der Waals surface area contributed by atoms with E-state index in [2.05, 4.69) is 4.84 Å². The van der Waals surface area contributed by atoms with Gasteiger partial charge in [-0.05, 0) is 6.92 Å². The number of carbonyl (C=O) groups excluding carboxylic acids is 2. The maximum absolute atomic E-state index is 11.8. The number of hydroxylamine groups is 2. The fraction of sp³-hybridized carbons (Fsp3) is 0.714. The van der Waals surface area contributed by atoms with Crippen LogP contribution in [-0.4, -0.2) is 43.3 Å². The zero-order valence-electron chi connectivity index (χ0n) is 8.38. The number of halogens is 3. The Balaban J connectivity index is 4.32. The second kappa shape index (κ2) is 4.96. The summed E-state index contributed by atoms with van der Waals surface area (Å²) in [6.07, 6.45) is -5.00. The molecule has 5 nitrogen and oxygen atoms in total. The molecule has 0 saturated carbocycles. The molecule has 0 aliphatic rings. The van der Waals surface area contributed by atoms with Gasteiger partial charge >= 0.3 is 12.1 Å². The number of hydrogen-bond donors (Lipinski definition) is 1. The Bertz CT molecular complexity index is 254. The lowest BCUT2D eigenvalue weighted by Gasteiger charge is -2.19. The van der Waals surface area contributed by atoms with Crippen molar-refractivity contribution in [2.75, 3.05) is 14.2 Å². The summed E-state index contributed by atoms with van der Waals surface area (Å²) in [5.74, 6) is -2.94. The fourth-order valence-electron chi connectivity index (χ4n) is 0.703. The van der Waals surface area contributed by atoms with Gasteiger partial charge in [0.25, 0.3) is 5.91 Å². The molecule has 0 saturated heterocycles. The minimum Gasteiger partial charge on any atom is -0.337 e. The molecule has 0 bridgehead atoms. The van der Waals surface area contributed by atoms with E-state index in [1.807, 2.05) is 0 Å². The lowest BCUT2D eigenvalue weighted by molar-refractivity contribution is -0.179. The van der Waals surface area contributed by atoms with Gasteiger partial charge in [0.15, 0.2) is 0 Å². The molecule has 1 N–H and O–H groups in total. The standard InChI is InChI=1S/C7H11F3N2O3/c1-4(5(13)12(2)15-3)11-6(14)7(8,9)10/h4H,1-3H3,(H,11,14)/t4-/m0/s1. The van der Waals surface area contributed by atoms with E-state index in [-0.39, 0.29) is 0 Å². The van der Waals surface area contributed by atoms with Crippen molar-refractivity contribution in [2.45, 2.75) is 19.1 Å². The van der Waals surface area contributed by atoms with Crippen molar-refractivity contribution in [1.82, 2.24) is 10.4 Å². The summed E-state index contributed by atoms with van der Waals surface area (Å²) in [4.78, 5) is 26.0. The van der Waals surface area contributed by atoms with E-state index in [0.29, 0.717) is 0 Å². The highest BCUT2D eigenvalue weighted by molar-refractivity contribution is 5.89. The third-order valence-corrected chi connectivity index (χ3v) is 1.56. The van der Waals surface area contributed by atoms with Crippen LogP contribution in [0.5, 0.6) is 0 Å². The van der Waals surface area contributed by atoms with E-state index in [1.54, 1.807) is 0 Å². The fourth-order valence-corrected chi connectivity index (χ4v) is 0.703. The first-order valence-electron chi connectivity index (χ1n) is 3.89. The van der Waals surface area contributed by atoms with Crippen LogP contribution in [-0.2, 0) is 14.4 Å². The maximum atomic E-state index is 11.8. The van der Waals surface area contributed by atoms with E-state index in [0.717, 1.165) is 12.0 Å². The molecule has 15 heavy (non-hydrogen) atoms. The molecule has 0 rings (SSSR count). The molecular weight excluding hydrogens is 217 g/mol. The predicted molar refractivity (Wildman–Crippen MR) is 43.4 cm³/mol. The van der Waals surface area contributed by atoms with Crippen LogP contribution in [0, 0.1) is 0 Å². The first-order chi connectivity index (χ1) is 6.70. The molecule has 0 aromatic rings. The van der Waals surface area contributed by atoms with Crippen LogP contribution in [0.1, 0.15) is 6.92 Å². The van der Waals surface area contributed by atoms with Gasteiger partial charge in [-0.3, -0.25) is 14.4 Å². The smallest absolute Gasteiger partial charge is 0.337 e. The van der Waals surface area contributed by atoms with Crippen molar-refractivity contribution in [3.63, 3.8) is 0 Å². The van der Waals surface area contributed by atoms with E-state index >= 15 is 0 Å². The van der Waals surface area contributed by atoms with Gasteiger partial charge in [0, 0.05) is 7.05 Å². The Morgan fingerprint density at radius 2 is 1.87 bits per heavy atom. The Morgan fingerprint density at radius 1 is 1.40 bits per heavy atom. The van der Waals surface area contributed by atoms with Crippen molar-refractivity contribution in [2.24, 2.45) is 0 Å². The Kier molecular flexibility index (Phi) is 4.53. The molecule has 0 spiro atoms. The van der Waals surface area contributed by atoms with Gasteiger partial charge in [-0.25, -0.2) is 5.06 Å². The van der Waals surface area contributed by atoms with Crippen LogP contribution in [0.2, 0.25) is 0 Å². The van der Waals surface area contributed by atoms with E-state index < -0.39 is 24.0 Å². The molecule has 0 aliphatic heterocycles. The highest BCUT2D eigenvalue weighted by atomic mass is 19.4. The number of nitrogens with one attached hydrogen (secondary N) is 1. The zero-order chi connectivity index (χ0) is 12.2. The number of amides is 2. The highest BCUT2D eigenvalue weighted by Gasteiger charge is 2.40. The average Bonchev–Trinajstić information content (AvgIpc) is 2.13. The number of likely N-dealkylation sites (N-methyl/N-ethyl adjacent to an activating group) is 1. The number of hydrogen-bond acceptors (Lipinski definition) is 3.